The Hall–Kier alpha value is -1.90. The van der Waals surface area contributed by atoms with E-state index in [-0.39, 0.29) is 18.1 Å². The molecule has 3 rings (SSSR count). The van der Waals surface area contributed by atoms with Crippen molar-refractivity contribution in [3.8, 4) is 17.6 Å². The summed E-state index contributed by atoms with van der Waals surface area (Å²) in [5, 5.41) is 3.58. The molecule has 0 spiro atoms. The minimum absolute atomic E-state index is 0.162. The number of carbonyl (C=O) groups is 1. The topological polar surface area (TPSA) is 67.6 Å². The maximum absolute atomic E-state index is 13.0. The normalized spacial score (nSPS) is 25.9. The highest BCUT2D eigenvalue weighted by Crippen LogP contribution is 2.37. The average molecular weight is 376 g/mol. The highest BCUT2D eigenvalue weighted by atomic mass is 35.5. The Morgan fingerprint density at radius 3 is 2.65 bits per heavy atom. The summed E-state index contributed by atoms with van der Waals surface area (Å²) in [4.78, 5) is 15.3. The smallest absolute Gasteiger partial charge is 0.255 e. The lowest BCUT2D eigenvalue weighted by Crippen LogP contribution is -2.51. The number of benzene rings is 1. The van der Waals surface area contributed by atoms with Gasteiger partial charge in [-0.2, -0.15) is 0 Å². The van der Waals surface area contributed by atoms with Crippen molar-refractivity contribution in [3.05, 3.63) is 22.7 Å². The molecule has 2 bridgehead atoms. The summed E-state index contributed by atoms with van der Waals surface area (Å²) in [6.45, 7) is 5.63. The minimum Gasteiger partial charge on any atom is -0.477 e. The fraction of sp³-hybridized carbons (Fsp3) is 0.550. The number of nitrogen functional groups attached to an aromatic ring is 1. The van der Waals surface area contributed by atoms with E-state index >= 15 is 0 Å². The molecular weight excluding hydrogens is 350 g/mol. The van der Waals surface area contributed by atoms with E-state index in [1.165, 1.54) is 0 Å². The highest BCUT2D eigenvalue weighted by Gasteiger charge is 2.42. The number of nitrogens with one attached hydrogen (secondary N) is 1. The number of amides is 1. The van der Waals surface area contributed by atoms with Gasteiger partial charge in [-0.15, -0.1) is 5.92 Å². The number of piperidine rings is 1. The van der Waals surface area contributed by atoms with Gasteiger partial charge in [0.15, 0.2) is 6.10 Å². The Kier molecular flexibility index (Phi) is 5.64. The molecule has 1 aliphatic carbocycles. The molecule has 1 aromatic carbocycles. The Bertz CT molecular complexity index is 741. The third-order valence-corrected chi connectivity index (χ3v) is 5.64. The number of ether oxygens (including phenoxy) is 1. The second-order valence-corrected chi connectivity index (χ2v) is 7.75. The van der Waals surface area contributed by atoms with Crippen LogP contribution in [-0.4, -0.2) is 43.1 Å². The number of hydrogen-bond acceptors (Lipinski definition) is 4. The van der Waals surface area contributed by atoms with Crippen LogP contribution in [0.1, 0.15) is 37.0 Å². The summed E-state index contributed by atoms with van der Waals surface area (Å²) in [6.07, 6.45) is 1.98. The first-order valence-electron chi connectivity index (χ1n) is 9.06. The summed E-state index contributed by atoms with van der Waals surface area (Å²) in [7, 11) is 2.14. The van der Waals surface area contributed by atoms with Crippen molar-refractivity contribution in [1.82, 2.24) is 10.2 Å². The molecule has 2 fully saturated rings. The summed E-state index contributed by atoms with van der Waals surface area (Å²) >= 11 is 6.16. The SMILES string of the molecule is CC#CC(C)Oc1cc(N)c(Cl)cc1C(=O)NC1C2CCC1CN(C)C2. The number of fused-ring (bicyclic) bond motifs is 2. The third-order valence-electron chi connectivity index (χ3n) is 5.31. The van der Waals surface area contributed by atoms with Gasteiger partial charge in [-0.25, -0.2) is 0 Å². The zero-order valence-corrected chi connectivity index (χ0v) is 16.3. The number of nitrogens with two attached hydrogens (primary N) is 1. The molecule has 5 nitrogen and oxygen atoms in total. The van der Waals surface area contributed by atoms with Crippen LogP contribution in [0.3, 0.4) is 0 Å². The predicted molar refractivity (Wildman–Crippen MR) is 104 cm³/mol. The second kappa shape index (κ2) is 7.77. The standard InChI is InChI=1S/C20H26ClN3O2/c1-4-5-12(2)26-18-9-17(22)16(21)8-15(18)20(25)23-19-13-6-7-14(19)11-24(3)10-13/h8-9,12-14,19H,6-7,10-11,22H2,1-3H3,(H,23,25). The van der Waals surface area contributed by atoms with Crippen molar-refractivity contribution >= 4 is 23.2 Å². The zero-order chi connectivity index (χ0) is 18.8. The van der Waals surface area contributed by atoms with Crippen molar-refractivity contribution in [2.24, 2.45) is 11.8 Å². The summed E-state index contributed by atoms with van der Waals surface area (Å²) in [5.41, 5.74) is 6.70. The number of nitrogens with zero attached hydrogens (tertiary/aromatic N) is 1. The minimum atomic E-state index is -0.341. The van der Waals surface area contributed by atoms with Crippen LogP contribution >= 0.6 is 11.6 Å². The number of halogens is 1. The Balaban J connectivity index is 1.82. The Labute approximate surface area is 160 Å². The molecule has 1 amide bonds. The predicted octanol–water partition coefficient (Wildman–Crippen LogP) is 2.78. The van der Waals surface area contributed by atoms with E-state index in [1.54, 1.807) is 19.1 Å². The molecule has 1 heterocycles. The van der Waals surface area contributed by atoms with E-state index in [0.29, 0.717) is 33.9 Å². The number of rotatable bonds is 4. The molecule has 1 saturated carbocycles. The van der Waals surface area contributed by atoms with E-state index in [9.17, 15) is 4.79 Å². The van der Waals surface area contributed by atoms with Crippen LogP contribution in [0.15, 0.2) is 12.1 Å². The van der Waals surface area contributed by atoms with Crippen molar-refractivity contribution in [2.75, 3.05) is 25.9 Å². The van der Waals surface area contributed by atoms with Crippen LogP contribution in [0.4, 0.5) is 5.69 Å². The van der Waals surface area contributed by atoms with E-state index in [0.717, 1.165) is 25.9 Å². The number of likely N-dealkylation sites (tertiary alicyclic amines) is 1. The monoisotopic (exact) mass is 375 g/mol. The van der Waals surface area contributed by atoms with Crippen LogP contribution in [-0.2, 0) is 0 Å². The van der Waals surface area contributed by atoms with Crippen molar-refractivity contribution in [1.29, 1.82) is 0 Å². The molecule has 1 saturated heterocycles. The molecule has 1 aromatic rings. The summed E-state index contributed by atoms with van der Waals surface area (Å²) in [6, 6.07) is 3.40. The lowest BCUT2D eigenvalue weighted by atomic mass is 9.92. The van der Waals surface area contributed by atoms with Crippen molar-refractivity contribution < 1.29 is 9.53 Å². The average Bonchev–Trinajstić information content (AvgIpc) is 2.81. The Morgan fingerprint density at radius 1 is 1.38 bits per heavy atom. The molecular formula is C20H26ClN3O2. The second-order valence-electron chi connectivity index (χ2n) is 7.34. The molecule has 1 aliphatic heterocycles. The fourth-order valence-corrected chi connectivity index (χ4v) is 4.35. The molecule has 2 aliphatic rings. The number of carbonyl (C=O) groups excluding carboxylic acids is 1. The highest BCUT2D eigenvalue weighted by molar-refractivity contribution is 6.33. The van der Waals surface area contributed by atoms with Gasteiger partial charge in [0.1, 0.15) is 5.75 Å². The van der Waals surface area contributed by atoms with Gasteiger partial charge in [-0.3, -0.25) is 4.79 Å². The van der Waals surface area contributed by atoms with Crippen LogP contribution in [0.25, 0.3) is 0 Å². The third kappa shape index (κ3) is 3.92. The first kappa shape index (κ1) is 18.9. The molecule has 0 radical (unpaired) electrons. The van der Waals surface area contributed by atoms with E-state index < -0.39 is 0 Å². The van der Waals surface area contributed by atoms with Crippen LogP contribution < -0.4 is 15.8 Å². The van der Waals surface area contributed by atoms with Gasteiger partial charge in [-0.05, 0) is 51.6 Å². The molecule has 6 heteroatoms. The maximum atomic E-state index is 13.0. The van der Waals surface area contributed by atoms with Gasteiger partial charge in [0.2, 0.25) is 0 Å². The van der Waals surface area contributed by atoms with Crippen molar-refractivity contribution in [2.45, 2.75) is 38.8 Å². The molecule has 26 heavy (non-hydrogen) atoms. The summed E-state index contributed by atoms with van der Waals surface area (Å²) < 4.78 is 5.84. The van der Waals surface area contributed by atoms with Gasteiger partial charge in [0, 0.05) is 25.2 Å². The van der Waals surface area contributed by atoms with Crippen LogP contribution in [0, 0.1) is 23.7 Å². The van der Waals surface area contributed by atoms with Gasteiger partial charge >= 0.3 is 0 Å². The van der Waals surface area contributed by atoms with Gasteiger partial charge in [0.05, 0.1) is 16.3 Å². The Morgan fingerprint density at radius 2 is 2.04 bits per heavy atom. The van der Waals surface area contributed by atoms with Crippen LogP contribution in [0.2, 0.25) is 5.02 Å². The van der Waals surface area contributed by atoms with E-state index in [1.807, 2.05) is 6.92 Å². The lowest BCUT2D eigenvalue weighted by molar-refractivity contribution is 0.0857. The molecule has 3 atom stereocenters. The number of hydrogen-bond donors (Lipinski definition) is 2. The first-order chi connectivity index (χ1) is 12.4. The molecule has 140 valence electrons. The van der Waals surface area contributed by atoms with Crippen molar-refractivity contribution in [3.63, 3.8) is 0 Å². The zero-order valence-electron chi connectivity index (χ0n) is 15.5. The fourth-order valence-electron chi connectivity index (χ4n) is 4.19. The van der Waals surface area contributed by atoms with Gasteiger partial charge < -0.3 is 20.7 Å². The lowest BCUT2D eigenvalue weighted by Gasteiger charge is -2.36. The molecule has 3 N–H and O–H groups in total. The first-order valence-corrected chi connectivity index (χ1v) is 9.44. The van der Waals surface area contributed by atoms with E-state index in [4.69, 9.17) is 22.1 Å². The molecule has 3 unspecified atom stereocenters. The maximum Gasteiger partial charge on any atom is 0.255 e. The van der Waals surface area contributed by atoms with E-state index in [2.05, 4.69) is 29.1 Å². The number of anilines is 1. The van der Waals surface area contributed by atoms with Gasteiger partial charge in [-0.1, -0.05) is 17.5 Å². The summed E-state index contributed by atoms with van der Waals surface area (Å²) in [5.74, 6) is 6.99. The largest absolute Gasteiger partial charge is 0.477 e. The quantitative estimate of drug-likeness (QED) is 0.627. The van der Waals surface area contributed by atoms with Gasteiger partial charge in [0.25, 0.3) is 5.91 Å². The molecule has 0 aromatic heterocycles. The van der Waals surface area contributed by atoms with Crippen LogP contribution in [0.5, 0.6) is 5.75 Å².